The average Bonchev–Trinajstić information content (AvgIpc) is 3.31. The summed E-state index contributed by atoms with van der Waals surface area (Å²) in [5.74, 6) is 0.631. The molecule has 9 nitrogen and oxygen atoms in total. The monoisotopic (exact) mass is 436 g/mol. The lowest BCUT2D eigenvalue weighted by molar-refractivity contribution is 0.0602. The zero-order valence-corrected chi connectivity index (χ0v) is 18.0. The molecule has 166 valence electrons. The van der Waals surface area contributed by atoms with Crippen molar-refractivity contribution in [1.29, 1.82) is 0 Å². The summed E-state index contributed by atoms with van der Waals surface area (Å²) in [4.78, 5) is 34.8. The van der Waals surface area contributed by atoms with Gasteiger partial charge in [-0.05, 0) is 29.8 Å². The number of benzene rings is 2. The third kappa shape index (κ3) is 3.84. The summed E-state index contributed by atoms with van der Waals surface area (Å²) in [6.45, 7) is 0.459. The summed E-state index contributed by atoms with van der Waals surface area (Å²) in [5.41, 5.74) is 3.22. The van der Waals surface area contributed by atoms with Gasteiger partial charge < -0.3 is 29.4 Å². The minimum atomic E-state index is -0.523. The molecular weight excluding hydrogens is 412 g/mol. The number of H-pyrrole nitrogens is 1. The van der Waals surface area contributed by atoms with E-state index in [9.17, 15) is 9.59 Å². The molecule has 2 N–H and O–H groups in total. The number of imidazole rings is 1. The Bertz CT molecular complexity index is 1140. The van der Waals surface area contributed by atoms with E-state index in [2.05, 4.69) is 15.3 Å². The molecule has 1 aliphatic rings. The lowest BCUT2D eigenvalue weighted by atomic mass is 9.95. The Kier molecular flexibility index (Phi) is 5.98. The second-order valence-corrected chi connectivity index (χ2v) is 7.19. The molecular formula is C23H24N4O5. The maximum Gasteiger partial charge on any atom is 0.339 e. The van der Waals surface area contributed by atoms with E-state index >= 15 is 0 Å². The number of ether oxygens (including phenoxy) is 3. The Balaban J connectivity index is 1.71. The summed E-state index contributed by atoms with van der Waals surface area (Å²) >= 11 is 0. The van der Waals surface area contributed by atoms with Crippen LogP contribution in [0.5, 0.6) is 11.5 Å². The zero-order chi connectivity index (χ0) is 22.7. The maximum atomic E-state index is 13.4. The highest BCUT2D eigenvalue weighted by molar-refractivity contribution is 6.01. The van der Waals surface area contributed by atoms with Crippen molar-refractivity contribution >= 4 is 17.7 Å². The molecule has 0 bridgehead atoms. The number of hydrogen-bond donors (Lipinski definition) is 2. The van der Waals surface area contributed by atoms with E-state index in [1.165, 1.54) is 7.11 Å². The molecule has 1 aliphatic heterocycles. The highest BCUT2D eigenvalue weighted by Gasteiger charge is 2.35. The highest BCUT2D eigenvalue weighted by Crippen LogP contribution is 2.38. The van der Waals surface area contributed by atoms with E-state index in [0.717, 1.165) is 17.0 Å². The number of nitrogens with one attached hydrogen (secondary N) is 2. The van der Waals surface area contributed by atoms with Crippen LogP contribution >= 0.6 is 0 Å². The zero-order valence-electron chi connectivity index (χ0n) is 18.0. The van der Waals surface area contributed by atoms with E-state index in [1.54, 1.807) is 55.8 Å². The SMILES string of the molecule is COC(=O)c1ccccc1NC(=O)N1CCc2[nH]cnc2[C@@H]1c1ccc(OC)c(OC)c1. The predicted molar refractivity (Wildman–Crippen MR) is 117 cm³/mol. The van der Waals surface area contributed by atoms with E-state index < -0.39 is 12.0 Å². The minimum absolute atomic E-state index is 0.281. The third-order valence-electron chi connectivity index (χ3n) is 5.48. The summed E-state index contributed by atoms with van der Waals surface area (Å²) in [5, 5.41) is 2.86. The summed E-state index contributed by atoms with van der Waals surface area (Å²) in [6.07, 6.45) is 2.26. The van der Waals surface area contributed by atoms with E-state index in [0.29, 0.717) is 30.2 Å². The average molecular weight is 436 g/mol. The number of esters is 1. The minimum Gasteiger partial charge on any atom is -0.493 e. The number of rotatable bonds is 5. The molecule has 0 unspecified atom stereocenters. The number of amides is 2. The summed E-state index contributed by atoms with van der Waals surface area (Å²) in [7, 11) is 4.44. The smallest absolute Gasteiger partial charge is 0.339 e. The van der Waals surface area contributed by atoms with Crippen molar-refractivity contribution in [2.24, 2.45) is 0 Å². The molecule has 3 aromatic rings. The van der Waals surface area contributed by atoms with Crippen molar-refractivity contribution in [3.05, 3.63) is 71.3 Å². The van der Waals surface area contributed by atoms with Crippen molar-refractivity contribution in [1.82, 2.24) is 14.9 Å². The number of para-hydroxylation sites is 1. The van der Waals surface area contributed by atoms with Gasteiger partial charge in [-0.3, -0.25) is 0 Å². The highest BCUT2D eigenvalue weighted by atomic mass is 16.5. The van der Waals surface area contributed by atoms with Crippen LogP contribution in [0.2, 0.25) is 0 Å². The van der Waals surface area contributed by atoms with E-state index in [-0.39, 0.29) is 11.6 Å². The van der Waals surface area contributed by atoms with Crippen LogP contribution in [0.1, 0.15) is 33.4 Å². The maximum absolute atomic E-state index is 13.4. The number of fused-ring (bicyclic) bond motifs is 1. The third-order valence-corrected chi connectivity index (χ3v) is 5.48. The van der Waals surface area contributed by atoms with Gasteiger partial charge in [-0.25, -0.2) is 14.6 Å². The molecule has 1 atom stereocenters. The Labute approximate surface area is 185 Å². The van der Waals surface area contributed by atoms with Crippen molar-refractivity contribution in [2.75, 3.05) is 33.2 Å². The number of carbonyl (C=O) groups excluding carboxylic acids is 2. The lowest BCUT2D eigenvalue weighted by Crippen LogP contribution is -2.43. The molecule has 0 spiro atoms. The quantitative estimate of drug-likeness (QED) is 0.594. The van der Waals surface area contributed by atoms with Gasteiger partial charge in [0.1, 0.15) is 6.04 Å². The molecule has 0 saturated heterocycles. The van der Waals surface area contributed by atoms with Crippen molar-refractivity contribution < 1.29 is 23.8 Å². The predicted octanol–water partition coefficient (Wildman–Crippen LogP) is 3.39. The van der Waals surface area contributed by atoms with Crippen LogP contribution in [0, 0.1) is 0 Å². The van der Waals surface area contributed by atoms with Gasteiger partial charge >= 0.3 is 12.0 Å². The van der Waals surface area contributed by atoms with Crippen LogP contribution in [0.15, 0.2) is 48.8 Å². The first-order valence-electron chi connectivity index (χ1n) is 10.1. The van der Waals surface area contributed by atoms with Crippen LogP contribution in [0.4, 0.5) is 10.5 Å². The molecule has 2 heterocycles. The van der Waals surface area contributed by atoms with Crippen LogP contribution in [-0.4, -0.2) is 54.7 Å². The van der Waals surface area contributed by atoms with Gasteiger partial charge in [0.15, 0.2) is 11.5 Å². The second-order valence-electron chi connectivity index (χ2n) is 7.19. The van der Waals surface area contributed by atoms with Gasteiger partial charge in [-0.1, -0.05) is 18.2 Å². The summed E-state index contributed by atoms with van der Waals surface area (Å²) < 4.78 is 15.6. The number of aromatic amines is 1. The molecule has 32 heavy (non-hydrogen) atoms. The van der Waals surface area contributed by atoms with Gasteiger partial charge in [-0.2, -0.15) is 0 Å². The molecule has 2 amide bonds. The van der Waals surface area contributed by atoms with Crippen LogP contribution in [-0.2, 0) is 11.2 Å². The van der Waals surface area contributed by atoms with Gasteiger partial charge in [0.2, 0.25) is 0 Å². The Hall–Kier alpha value is -4.01. The molecule has 1 aromatic heterocycles. The first-order chi connectivity index (χ1) is 15.6. The van der Waals surface area contributed by atoms with Gasteiger partial charge in [0.05, 0.1) is 44.6 Å². The molecule has 0 aliphatic carbocycles. The van der Waals surface area contributed by atoms with Gasteiger partial charge in [-0.15, -0.1) is 0 Å². The molecule has 0 radical (unpaired) electrons. The molecule has 0 saturated carbocycles. The fourth-order valence-corrected chi connectivity index (χ4v) is 3.92. The number of urea groups is 1. The second kappa shape index (κ2) is 9.01. The standard InChI is InChI=1S/C23H24N4O5/c1-30-18-9-8-14(12-19(18)31-2)21-20-17(24-13-25-20)10-11-27(21)23(29)26-16-7-5-4-6-15(16)22(28)32-3/h4-9,12-13,21H,10-11H2,1-3H3,(H,24,25)(H,26,29)/t21-/m0/s1. The number of methoxy groups -OCH3 is 3. The first-order valence-corrected chi connectivity index (χ1v) is 10.1. The van der Waals surface area contributed by atoms with Crippen LogP contribution < -0.4 is 14.8 Å². The first kappa shape index (κ1) is 21.2. The van der Waals surface area contributed by atoms with Crippen LogP contribution in [0.25, 0.3) is 0 Å². The number of hydrogen-bond acceptors (Lipinski definition) is 6. The number of carbonyl (C=O) groups is 2. The van der Waals surface area contributed by atoms with Gasteiger partial charge in [0, 0.05) is 18.7 Å². The Morgan fingerprint density at radius 2 is 1.88 bits per heavy atom. The number of anilines is 1. The Morgan fingerprint density at radius 3 is 2.62 bits per heavy atom. The summed E-state index contributed by atoms with van der Waals surface area (Å²) in [6, 6.07) is 11.5. The fraction of sp³-hybridized carbons (Fsp3) is 0.261. The largest absolute Gasteiger partial charge is 0.493 e. The normalized spacial score (nSPS) is 15.0. The topological polar surface area (TPSA) is 106 Å². The van der Waals surface area contributed by atoms with Crippen molar-refractivity contribution in [3.8, 4) is 11.5 Å². The van der Waals surface area contributed by atoms with E-state index in [1.807, 2.05) is 12.1 Å². The number of nitrogens with zero attached hydrogens (tertiary/aromatic N) is 2. The number of aromatic nitrogens is 2. The fourth-order valence-electron chi connectivity index (χ4n) is 3.92. The van der Waals surface area contributed by atoms with Crippen molar-refractivity contribution in [3.63, 3.8) is 0 Å². The van der Waals surface area contributed by atoms with E-state index in [4.69, 9.17) is 14.2 Å². The molecule has 0 fully saturated rings. The van der Waals surface area contributed by atoms with Crippen LogP contribution in [0.3, 0.4) is 0 Å². The van der Waals surface area contributed by atoms with Gasteiger partial charge in [0.25, 0.3) is 0 Å². The molecule has 9 heteroatoms. The molecule has 4 rings (SSSR count). The lowest BCUT2D eigenvalue weighted by Gasteiger charge is -2.35. The van der Waals surface area contributed by atoms with Crippen molar-refractivity contribution in [2.45, 2.75) is 12.5 Å². The Morgan fingerprint density at radius 1 is 1.09 bits per heavy atom. The molecule has 2 aromatic carbocycles.